The van der Waals surface area contributed by atoms with Gasteiger partial charge in [-0.15, -0.1) is 0 Å². The van der Waals surface area contributed by atoms with Gasteiger partial charge in [-0.25, -0.2) is 4.98 Å². The average Bonchev–Trinajstić information content (AvgIpc) is 3.31. The summed E-state index contributed by atoms with van der Waals surface area (Å²) in [7, 11) is 0. The molecule has 0 aliphatic carbocycles. The van der Waals surface area contributed by atoms with Crippen molar-refractivity contribution in [2.75, 3.05) is 6.61 Å². The second-order valence-electron chi connectivity index (χ2n) is 8.46. The SMILES string of the molecule is CC[C@@H](NC(=O)c1cc(C(=O)N[C@H](CC)c2ccccc2)n2c1COCC2)c1ccc(C#N)nc1. The number of carbonyl (C=O) groups excluding carboxylic acids is 2. The van der Waals surface area contributed by atoms with Crippen LogP contribution in [0.1, 0.15) is 82.1 Å². The number of hydrogen-bond donors (Lipinski definition) is 2. The molecule has 2 atom stereocenters. The van der Waals surface area contributed by atoms with Crippen LogP contribution >= 0.6 is 0 Å². The molecular formula is C27H29N5O3. The van der Waals surface area contributed by atoms with Gasteiger partial charge in [-0.1, -0.05) is 50.2 Å². The summed E-state index contributed by atoms with van der Waals surface area (Å²) in [5.41, 5.74) is 3.76. The summed E-state index contributed by atoms with van der Waals surface area (Å²) in [6, 6.07) is 16.6. The number of pyridine rings is 1. The van der Waals surface area contributed by atoms with Crippen LogP contribution in [0.5, 0.6) is 0 Å². The summed E-state index contributed by atoms with van der Waals surface area (Å²) in [6.45, 7) is 5.24. The van der Waals surface area contributed by atoms with Crippen molar-refractivity contribution in [1.29, 1.82) is 5.26 Å². The van der Waals surface area contributed by atoms with E-state index in [1.54, 1.807) is 24.4 Å². The minimum atomic E-state index is -0.275. The maximum absolute atomic E-state index is 13.3. The van der Waals surface area contributed by atoms with Crippen molar-refractivity contribution < 1.29 is 14.3 Å². The lowest BCUT2D eigenvalue weighted by molar-refractivity contribution is 0.0773. The van der Waals surface area contributed by atoms with Crippen molar-refractivity contribution in [3.8, 4) is 6.07 Å². The lowest BCUT2D eigenvalue weighted by Gasteiger charge is -2.22. The number of nitrogens with one attached hydrogen (secondary N) is 2. The van der Waals surface area contributed by atoms with E-state index in [2.05, 4.69) is 15.6 Å². The number of fused-ring (bicyclic) bond motifs is 1. The number of carbonyl (C=O) groups is 2. The highest BCUT2D eigenvalue weighted by Gasteiger charge is 2.28. The van der Waals surface area contributed by atoms with Crippen LogP contribution in [0.2, 0.25) is 0 Å². The Morgan fingerprint density at radius 3 is 2.43 bits per heavy atom. The number of nitriles is 1. The van der Waals surface area contributed by atoms with Gasteiger partial charge in [0.2, 0.25) is 0 Å². The van der Waals surface area contributed by atoms with Crippen LogP contribution in [0.15, 0.2) is 54.7 Å². The van der Waals surface area contributed by atoms with Gasteiger partial charge in [-0.05, 0) is 36.1 Å². The van der Waals surface area contributed by atoms with Gasteiger partial charge in [0, 0.05) is 12.7 Å². The molecule has 4 rings (SSSR count). The monoisotopic (exact) mass is 471 g/mol. The van der Waals surface area contributed by atoms with Crippen molar-refractivity contribution in [3.05, 3.63) is 88.5 Å². The van der Waals surface area contributed by atoms with Crippen LogP contribution in [-0.2, 0) is 17.9 Å². The number of ether oxygens (including phenoxy) is 1. The van der Waals surface area contributed by atoms with Gasteiger partial charge in [0.1, 0.15) is 17.5 Å². The second kappa shape index (κ2) is 11.0. The zero-order chi connectivity index (χ0) is 24.8. The Bertz CT molecular complexity index is 1230. The zero-order valence-corrected chi connectivity index (χ0v) is 20.0. The van der Waals surface area contributed by atoms with E-state index in [9.17, 15) is 9.59 Å². The molecule has 35 heavy (non-hydrogen) atoms. The molecule has 8 heteroatoms. The molecule has 0 saturated heterocycles. The summed E-state index contributed by atoms with van der Waals surface area (Å²) in [5.74, 6) is -0.490. The van der Waals surface area contributed by atoms with E-state index in [0.717, 1.165) is 17.5 Å². The predicted molar refractivity (Wildman–Crippen MR) is 130 cm³/mol. The fraction of sp³-hybridized carbons (Fsp3) is 0.333. The standard InChI is InChI=1S/C27H29N5O3/c1-3-22(18-8-6-5-7-9-18)31-27(34)24-14-21(25-17-35-13-12-32(24)25)26(33)30-23(4-2)19-10-11-20(15-28)29-16-19/h5-11,14,16,22-23H,3-4,12-13,17H2,1-2H3,(H,30,33)(H,31,34)/t22-,23-/m1/s1. The maximum atomic E-state index is 13.3. The molecule has 1 aliphatic heterocycles. The molecule has 8 nitrogen and oxygen atoms in total. The Labute approximate surface area is 204 Å². The molecule has 0 bridgehead atoms. The van der Waals surface area contributed by atoms with Gasteiger partial charge in [0.15, 0.2) is 0 Å². The van der Waals surface area contributed by atoms with Crippen LogP contribution < -0.4 is 10.6 Å². The summed E-state index contributed by atoms with van der Waals surface area (Å²) in [4.78, 5) is 30.8. The van der Waals surface area contributed by atoms with Gasteiger partial charge in [-0.2, -0.15) is 5.26 Å². The molecule has 3 heterocycles. The molecule has 0 unspecified atom stereocenters. The van der Waals surface area contributed by atoms with E-state index in [0.29, 0.717) is 42.2 Å². The molecule has 0 radical (unpaired) electrons. The molecule has 2 amide bonds. The molecule has 1 aromatic carbocycles. The summed E-state index contributed by atoms with van der Waals surface area (Å²) < 4.78 is 7.50. The van der Waals surface area contributed by atoms with Crippen LogP contribution in [-0.4, -0.2) is 28.0 Å². The molecule has 3 aromatic rings. The van der Waals surface area contributed by atoms with Crippen LogP contribution in [0.25, 0.3) is 0 Å². The molecule has 0 fully saturated rings. The van der Waals surface area contributed by atoms with Gasteiger partial charge < -0.3 is 19.9 Å². The summed E-state index contributed by atoms with van der Waals surface area (Å²) in [5, 5.41) is 15.2. The summed E-state index contributed by atoms with van der Waals surface area (Å²) in [6.07, 6.45) is 3.00. The highest BCUT2D eigenvalue weighted by molar-refractivity contribution is 6.01. The number of aromatic nitrogens is 2. The average molecular weight is 472 g/mol. The molecule has 2 aromatic heterocycles. The zero-order valence-electron chi connectivity index (χ0n) is 20.0. The van der Waals surface area contributed by atoms with Crippen LogP contribution in [0.4, 0.5) is 0 Å². The first-order chi connectivity index (χ1) is 17.0. The third-order valence-corrected chi connectivity index (χ3v) is 6.32. The highest BCUT2D eigenvalue weighted by atomic mass is 16.5. The minimum absolute atomic E-state index is 0.125. The summed E-state index contributed by atoms with van der Waals surface area (Å²) >= 11 is 0. The van der Waals surface area contributed by atoms with Crippen LogP contribution in [0, 0.1) is 11.3 Å². The first kappa shape index (κ1) is 24.2. The minimum Gasteiger partial charge on any atom is -0.373 e. The predicted octanol–water partition coefficient (Wildman–Crippen LogP) is 4.05. The fourth-order valence-corrected chi connectivity index (χ4v) is 4.38. The van der Waals surface area contributed by atoms with E-state index >= 15 is 0 Å². The molecule has 180 valence electrons. The molecular weight excluding hydrogens is 442 g/mol. The third-order valence-electron chi connectivity index (χ3n) is 6.32. The maximum Gasteiger partial charge on any atom is 0.268 e. The quantitative estimate of drug-likeness (QED) is 0.515. The smallest absolute Gasteiger partial charge is 0.268 e. The third kappa shape index (κ3) is 5.26. The van der Waals surface area contributed by atoms with E-state index in [4.69, 9.17) is 10.00 Å². The van der Waals surface area contributed by atoms with Gasteiger partial charge in [-0.3, -0.25) is 9.59 Å². The second-order valence-corrected chi connectivity index (χ2v) is 8.46. The Balaban J connectivity index is 1.58. The molecule has 0 saturated carbocycles. The number of nitrogens with zero attached hydrogens (tertiary/aromatic N) is 3. The van der Waals surface area contributed by atoms with Crippen LogP contribution in [0.3, 0.4) is 0 Å². The van der Waals surface area contributed by atoms with E-state index in [1.165, 1.54) is 0 Å². The largest absolute Gasteiger partial charge is 0.373 e. The molecule has 2 N–H and O–H groups in total. The van der Waals surface area contributed by atoms with Crippen molar-refractivity contribution in [2.24, 2.45) is 0 Å². The van der Waals surface area contributed by atoms with Crippen molar-refractivity contribution >= 4 is 11.8 Å². The Morgan fingerprint density at radius 1 is 1.06 bits per heavy atom. The van der Waals surface area contributed by atoms with Gasteiger partial charge >= 0.3 is 0 Å². The lowest BCUT2D eigenvalue weighted by atomic mass is 10.0. The normalized spacial score (nSPS) is 14.3. The topological polar surface area (TPSA) is 109 Å². The van der Waals surface area contributed by atoms with Crippen molar-refractivity contribution in [3.63, 3.8) is 0 Å². The molecule has 0 spiro atoms. The van der Waals surface area contributed by atoms with E-state index in [-0.39, 0.29) is 30.5 Å². The van der Waals surface area contributed by atoms with Gasteiger partial charge in [0.05, 0.1) is 36.6 Å². The molecule has 1 aliphatic rings. The number of amides is 2. The Hall–Kier alpha value is -3.96. The van der Waals surface area contributed by atoms with Gasteiger partial charge in [0.25, 0.3) is 11.8 Å². The number of rotatable bonds is 8. The lowest BCUT2D eigenvalue weighted by Crippen LogP contribution is -2.31. The Morgan fingerprint density at radius 2 is 1.77 bits per heavy atom. The number of hydrogen-bond acceptors (Lipinski definition) is 5. The van der Waals surface area contributed by atoms with Crippen molar-refractivity contribution in [1.82, 2.24) is 20.2 Å². The van der Waals surface area contributed by atoms with E-state index in [1.807, 2.05) is 54.8 Å². The van der Waals surface area contributed by atoms with E-state index < -0.39 is 0 Å². The first-order valence-corrected chi connectivity index (χ1v) is 11.9. The first-order valence-electron chi connectivity index (χ1n) is 11.9. The fourth-order valence-electron chi connectivity index (χ4n) is 4.38. The highest BCUT2D eigenvalue weighted by Crippen LogP contribution is 2.24. The Kier molecular flexibility index (Phi) is 7.58. The van der Waals surface area contributed by atoms with Crippen molar-refractivity contribution in [2.45, 2.75) is 51.9 Å². The number of benzene rings is 1.